The molecule has 0 spiro atoms. The molecule has 2 fully saturated rings. The highest BCUT2D eigenvalue weighted by atomic mass is 35.5. The highest BCUT2D eigenvalue weighted by Gasteiger charge is 2.38. The number of carbonyl (C=O) groups is 1. The summed E-state index contributed by atoms with van der Waals surface area (Å²) in [5, 5.41) is 3.44. The van der Waals surface area contributed by atoms with E-state index in [0.717, 1.165) is 17.7 Å². The summed E-state index contributed by atoms with van der Waals surface area (Å²) in [5.74, 6) is 1.30. The van der Waals surface area contributed by atoms with E-state index < -0.39 is 17.8 Å². The van der Waals surface area contributed by atoms with Crippen molar-refractivity contribution in [3.63, 3.8) is 0 Å². The van der Waals surface area contributed by atoms with Crippen LogP contribution < -0.4 is 10.1 Å². The molecule has 0 bridgehead atoms. The zero-order valence-electron chi connectivity index (χ0n) is 21.3. The van der Waals surface area contributed by atoms with Crippen LogP contribution in [0.4, 0.5) is 18.0 Å². The summed E-state index contributed by atoms with van der Waals surface area (Å²) in [6.07, 6.45) is -4.44. The molecule has 2 saturated heterocycles. The van der Waals surface area contributed by atoms with Crippen molar-refractivity contribution in [3.05, 3.63) is 94.5 Å². The van der Waals surface area contributed by atoms with Crippen molar-refractivity contribution >= 4 is 17.6 Å². The monoisotopic (exact) mass is 559 g/mol. The Kier molecular flexibility index (Phi) is 8.02. The van der Waals surface area contributed by atoms with Gasteiger partial charge in [-0.3, -0.25) is 4.90 Å². The molecule has 1 N–H and O–H groups in total. The third-order valence-electron chi connectivity index (χ3n) is 7.08. The number of amides is 2. The van der Waals surface area contributed by atoms with Gasteiger partial charge in [-0.2, -0.15) is 13.2 Å². The molecule has 6 nitrogen and oxygen atoms in total. The standard InChI is InChI=1S/C29H29ClF3N3O3/c1-19-17-35(13-14-38-19)27(20-5-9-24(10-6-20)39-25-11-7-23(30)8-12-25)18-36-26(16-34-28(36)37)21-3-2-4-22(15-21)29(31,32)33/h2-12,15,19,26-27H,13-14,16-18H2,1H3,(H,34,37)/t19-,26?,27?/m0/s1. The van der Waals surface area contributed by atoms with Crippen LogP contribution >= 0.6 is 11.6 Å². The molecule has 0 radical (unpaired) electrons. The molecule has 2 aliphatic rings. The quantitative estimate of drug-likeness (QED) is 0.351. The van der Waals surface area contributed by atoms with E-state index >= 15 is 0 Å². The Balaban J connectivity index is 1.40. The van der Waals surface area contributed by atoms with Crippen LogP contribution in [-0.2, 0) is 10.9 Å². The van der Waals surface area contributed by atoms with Crippen LogP contribution in [0.1, 0.15) is 35.7 Å². The van der Waals surface area contributed by atoms with Gasteiger partial charge in [0.15, 0.2) is 0 Å². The van der Waals surface area contributed by atoms with Crippen LogP contribution in [0.25, 0.3) is 0 Å². The molecule has 5 rings (SSSR count). The number of halogens is 4. The van der Waals surface area contributed by atoms with Gasteiger partial charge in [0.25, 0.3) is 0 Å². The van der Waals surface area contributed by atoms with E-state index in [1.54, 1.807) is 35.2 Å². The first-order chi connectivity index (χ1) is 18.7. The number of urea groups is 1. The Labute approximate surface area is 230 Å². The summed E-state index contributed by atoms with van der Waals surface area (Å²) in [6.45, 7) is 4.43. The highest BCUT2D eigenvalue weighted by Crippen LogP contribution is 2.35. The minimum Gasteiger partial charge on any atom is -0.457 e. The van der Waals surface area contributed by atoms with Crippen molar-refractivity contribution in [2.75, 3.05) is 32.8 Å². The second-order valence-electron chi connectivity index (χ2n) is 9.79. The van der Waals surface area contributed by atoms with Gasteiger partial charge >= 0.3 is 12.2 Å². The molecular weight excluding hydrogens is 531 g/mol. The predicted octanol–water partition coefficient (Wildman–Crippen LogP) is 6.68. The number of rotatable bonds is 7. The molecule has 2 heterocycles. The summed E-state index contributed by atoms with van der Waals surface area (Å²) in [5.41, 5.74) is 0.688. The number of carbonyl (C=O) groups excluding carboxylic acids is 1. The van der Waals surface area contributed by atoms with Crippen molar-refractivity contribution < 1.29 is 27.4 Å². The van der Waals surface area contributed by atoms with Crippen LogP contribution in [0.3, 0.4) is 0 Å². The Hall–Kier alpha value is -3.27. The lowest BCUT2D eigenvalue weighted by Crippen LogP contribution is -2.47. The third-order valence-corrected chi connectivity index (χ3v) is 7.33. The number of hydrogen-bond acceptors (Lipinski definition) is 4. The summed E-state index contributed by atoms with van der Waals surface area (Å²) < 4.78 is 51.9. The second kappa shape index (κ2) is 11.5. The van der Waals surface area contributed by atoms with Gasteiger partial charge in [-0.25, -0.2) is 4.79 Å². The largest absolute Gasteiger partial charge is 0.457 e. The molecule has 2 amide bonds. The van der Waals surface area contributed by atoms with E-state index in [4.69, 9.17) is 21.1 Å². The normalized spacial score (nSPS) is 21.1. The smallest absolute Gasteiger partial charge is 0.416 e. The molecule has 2 aliphatic heterocycles. The predicted molar refractivity (Wildman–Crippen MR) is 142 cm³/mol. The van der Waals surface area contributed by atoms with E-state index in [1.807, 2.05) is 31.2 Å². The highest BCUT2D eigenvalue weighted by molar-refractivity contribution is 6.30. The molecular formula is C29H29ClF3N3O3. The lowest BCUT2D eigenvalue weighted by atomic mass is 10.00. The molecule has 0 aromatic heterocycles. The summed E-state index contributed by atoms with van der Waals surface area (Å²) >= 11 is 5.96. The molecule has 0 saturated carbocycles. The maximum Gasteiger partial charge on any atom is 0.416 e. The molecule has 2 unspecified atom stereocenters. The van der Waals surface area contributed by atoms with E-state index in [2.05, 4.69) is 10.2 Å². The van der Waals surface area contributed by atoms with Crippen molar-refractivity contribution in [2.45, 2.75) is 31.3 Å². The molecule has 0 aliphatic carbocycles. The first-order valence-electron chi connectivity index (χ1n) is 12.8. The molecule has 10 heteroatoms. The van der Waals surface area contributed by atoms with Gasteiger partial charge in [-0.15, -0.1) is 0 Å². The van der Waals surface area contributed by atoms with Crippen molar-refractivity contribution in [2.24, 2.45) is 0 Å². The lowest BCUT2D eigenvalue weighted by molar-refractivity contribution is -0.137. The Morgan fingerprint density at radius 3 is 2.44 bits per heavy atom. The van der Waals surface area contributed by atoms with E-state index in [-0.39, 0.29) is 24.7 Å². The molecule has 206 valence electrons. The SMILES string of the molecule is C[C@H]1CN(C(CN2C(=O)NCC2c2cccc(C(F)(F)F)c2)c2ccc(Oc3ccc(Cl)cc3)cc2)CCO1. The van der Waals surface area contributed by atoms with Crippen LogP contribution in [0.5, 0.6) is 11.5 Å². The van der Waals surface area contributed by atoms with Crippen LogP contribution in [-0.4, -0.2) is 54.7 Å². The van der Waals surface area contributed by atoms with Gasteiger partial charge in [-0.1, -0.05) is 35.9 Å². The van der Waals surface area contributed by atoms with Crippen LogP contribution in [0.15, 0.2) is 72.8 Å². The first-order valence-corrected chi connectivity index (χ1v) is 13.2. The van der Waals surface area contributed by atoms with Crippen molar-refractivity contribution in [3.8, 4) is 11.5 Å². The number of ether oxygens (including phenoxy) is 2. The van der Waals surface area contributed by atoms with Gasteiger partial charge in [0.1, 0.15) is 11.5 Å². The van der Waals surface area contributed by atoms with E-state index in [9.17, 15) is 18.0 Å². The summed E-state index contributed by atoms with van der Waals surface area (Å²) in [4.78, 5) is 16.9. The molecule has 3 atom stereocenters. The van der Waals surface area contributed by atoms with Gasteiger partial charge in [0, 0.05) is 31.2 Å². The van der Waals surface area contributed by atoms with Gasteiger partial charge in [0.05, 0.1) is 30.4 Å². The lowest BCUT2D eigenvalue weighted by Gasteiger charge is -2.40. The number of benzene rings is 3. The Morgan fingerprint density at radius 1 is 1.08 bits per heavy atom. The minimum atomic E-state index is -4.46. The molecule has 3 aromatic carbocycles. The number of nitrogens with one attached hydrogen (secondary N) is 1. The van der Waals surface area contributed by atoms with Crippen LogP contribution in [0.2, 0.25) is 5.02 Å². The zero-order chi connectivity index (χ0) is 27.6. The minimum absolute atomic E-state index is 0.0143. The average molecular weight is 560 g/mol. The number of alkyl halides is 3. The fourth-order valence-corrected chi connectivity index (χ4v) is 5.24. The maximum absolute atomic E-state index is 13.4. The molecule has 3 aromatic rings. The van der Waals surface area contributed by atoms with Crippen molar-refractivity contribution in [1.82, 2.24) is 15.1 Å². The number of morpholine rings is 1. The Bertz CT molecular complexity index is 1290. The number of hydrogen-bond donors (Lipinski definition) is 1. The fourth-order valence-electron chi connectivity index (χ4n) is 5.11. The van der Waals surface area contributed by atoms with Crippen LogP contribution in [0, 0.1) is 0 Å². The number of nitrogens with zero attached hydrogens (tertiary/aromatic N) is 2. The van der Waals surface area contributed by atoms with Gasteiger partial charge in [-0.05, 0) is 66.6 Å². The van der Waals surface area contributed by atoms with Crippen molar-refractivity contribution in [1.29, 1.82) is 0 Å². The van der Waals surface area contributed by atoms with Gasteiger partial charge in [0.2, 0.25) is 0 Å². The van der Waals surface area contributed by atoms with E-state index in [1.165, 1.54) is 6.07 Å². The van der Waals surface area contributed by atoms with E-state index in [0.29, 0.717) is 48.3 Å². The zero-order valence-corrected chi connectivity index (χ0v) is 22.1. The molecule has 39 heavy (non-hydrogen) atoms. The summed E-state index contributed by atoms with van der Waals surface area (Å²) in [7, 11) is 0. The van der Waals surface area contributed by atoms with Gasteiger partial charge < -0.3 is 19.7 Å². The topological polar surface area (TPSA) is 54.0 Å². The first kappa shape index (κ1) is 27.3. The Morgan fingerprint density at radius 2 is 1.77 bits per heavy atom. The maximum atomic E-state index is 13.4. The third kappa shape index (κ3) is 6.49. The summed E-state index contributed by atoms with van der Waals surface area (Å²) in [6, 6.07) is 18.9. The average Bonchev–Trinajstić information content (AvgIpc) is 3.28. The fraction of sp³-hybridized carbons (Fsp3) is 0.345. The second-order valence-corrected chi connectivity index (χ2v) is 10.2.